The van der Waals surface area contributed by atoms with Gasteiger partial charge in [0.1, 0.15) is 0 Å². The van der Waals surface area contributed by atoms with Crippen LogP contribution in [0.5, 0.6) is 0 Å². The third-order valence-electron chi connectivity index (χ3n) is 2.40. The first-order valence-corrected chi connectivity index (χ1v) is 4.88. The molecule has 0 aliphatic carbocycles. The van der Waals surface area contributed by atoms with Crippen molar-refractivity contribution in [2.24, 2.45) is 5.92 Å². The van der Waals surface area contributed by atoms with Crippen molar-refractivity contribution in [3.05, 3.63) is 25.4 Å². The SMILES string of the molecule is C=CC(=O)OCCC1CC(=O)N(C=C)C1. The van der Waals surface area contributed by atoms with Crippen molar-refractivity contribution in [1.29, 1.82) is 0 Å². The van der Waals surface area contributed by atoms with E-state index in [1.54, 1.807) is 4.90 Å². The Hall–Kier alpha value is -1.58. The van der Waals surface area contributed by atoms with Crippen LogP contribution in [0.4, 0.5) is 0 Å². The number of ether oxygens (including phenoxy) is 1. The van der Waals surface area contributed by atoms with Gasteiger partial charge in [0, 0.05) is 19.0 Å². The summed E-state index contributed by atoms with van der Waals surface area (Å²) in [4.78, 5) is 23.6. The number of esters is 1. The first-order chi connectivity index (χ1) is 7.17. The molecular formula is C11H15NO3. The maximum Gasteiger partial charge on any atom is 0.330 e. The van der Waals surface area contributed by atoms with Gasteiger partial charge in [-0.05, 0) is 18.5 Å². The zero-order valence-electron chi connectivity index (χ0n) is 8.65. The van der Waals surface area contributed by atoms with E-state index in [-0.39, 0.29) is 11.8 Å². The Kier molecular flexibility index (Phi) is 4.09. The van der Waals surface area contributed by atoms with Gasteiger partial charge in [0.15, 0.2) is 0 Å². The number of carbonyl (C=O) groups excluding carboxylic acids is 2. The molecule has 15 heavy (non-hydrogen) atoms. The fraction of sp³-hybridized carbons (Fsp3) is 0.455. The lowest BCUT2D eigenvalue weighted by atomic mass is 10.1. The summed E-state index contributed by atoms with van der Waals surface area (Å²) in [6, 6.07) is 0. The van der Waals surface area contributed by atoms with Crippen LogP contribution in [-0.2, 0) is 14.3 Å². The lowest BCUT2D eigenvalue weighted by molar-refractivity contribution is -0.138. The highest BCUT2D eigenvalue weighted by molar-refractivity contribution is 5.81. The summed E-state index contributed by atoms with van der Waals surface area (Å²) >= 11 is 0. The Morgan fingerprint density at radius 1 is 1.60 bits per heavy atom. The summed E-state index contributed by atoms with van der Waals surface area (Å²) in [6.07, 6.45) is 3.89. The quantitative estimate of drug-likeness (QED) is 0.503. The number of likely N-dealkylation sites (tertiary alicyclic amines) is 1. The smallest absolute Gasteiger partial charge is 0.330 e. The van der Waals surface area contributed by atoms with E-state index >= 15 is 0 Å². The van der Waals surface area contributed by atoms with Gasteiger partial charge in [-0.1, -0.05) is 13.2 Å². The molecule has 0 N–H and O–H groups in total. The van der Waals surface area contributed by atoms with Crippen molar-refractivity contribution in [3.8, 4) is 0 Å². The topological polar surface area (TPSA) is 46.6 Å². The highest BCUT2D eigenvalue weighted by Gasteiger charge is 2.27. The Morgan fingerprint density at radius 3 is 2.87 bits per heavy atom. The minimum atomic E-state index is -0.417. The Morgan fingerprint density at radius 2 is 2.33 bits per heavy atom. The summed E-state index contributed by atoms with van der Waals surface area (Å²) in [5.74, 6) is -0.0712. The number of rotatable bonds is 5. The molecule has 0 aromatic rings. The van der Waals surface area contributed by atoms with Crippen LogP contribution in [-0.4, -0.2) is 29.9 Å². The third kappa shape index (κ3) is 3.23. The maximum atomic E-state index is 11.3. The molecule has 4 nitrogen and oxygen atoms in total. The van der Waals surface area contributed by atoms with Crippen LogP contribution in [0.1, 0.15) is 12.8 Å². The van der Waals surface area contributed by atoms with Crippen LogP contribution in [0.25, 0.3) is 0 Å². The molecule has 1 amide bonds. The summed E-state index contributed by atoms with van der Waals surface area (Å²) in [5.41, 5.74) is 0. The van der Waals surface area contributed by atoms with Crippen molar-refractivity contribution < 1.29 is 14.3 Å². The first-order valence-electron chi connectivity index (χ1n) is 4.88. The van der Waals surface area contributed by atoms with Crippen LogP contribution in [0, 0.1) is 5.92 Å². The molecule has 1 atom stereocenters. The molecule has 1 unspecified atom stereocenters. The van der Waals surface area contributed by atoms with Crippen molar-refractivity contribution in [2.45, 2.75) is 12.8 Å². The highest BCUT2D eigenvalue weighted by Crippen LogP contribution is 2.20. The minimum Gasteiger partial charge on any atom is -0.463 e. The molecule has 4 heteroatoms. The summed E-state index contributed by atoms with van der Waals surface area (Å²) in [6.45, 7) is 7.87. The average Bonchev–Trinajstić information content (AvgIpc) is 2.58. The Bertz CT molecular complexity index is 286. The molecular weight excluding hydrogens is 194 g/mol. The predicted molar refractivity (Wildman–Crippen MR) is 55.8 cm³/mol. The van der Waals surface area contributed by atoms with Gasteiger partial charge >= 0.3 is 5.97 Å². The Labute approximate surface area is 89.2 Å². The number of nitrogens with zero attached hydrogens (tertiary/aromatic N) is 1. The number of amides is 1. The van der Waals surface area contributed by atoms with Gasteiger partial charge in [0.25, 0.3) is 0 Å². The van der Waals surface area contributed by atoms with E-state index in [4.69, 9.17) is 4.74 Å². The molecule has 0 spiro atoms. The van der Waals surface area contributed by atoms with E-state index in [1.807, 2.05) is 0 Å². The number of hydrogen-bond donors (Lipinski definition) is 0. The van der Waals surface area contributed by atoms with Crippen LogP contribution < -0.4 is 0 Å². The van der Waals surface area contributed by atoms with Gasteiger partial charge in [-0.2, -0.15) is 0 Å². The molecule has 0 bridgehead atoms. The molecule has 1 aliphatic heterocycles. The lowest BCUT2D eigenvalue weighted by Gasteiger charge is -2.10. The number of hydrogen-bond acceptors (Lipinski definition) is 3. The molecule has 1 rings (SSSR count). The van der Waals surface area contributed by atoms with E-state index in [0.29, 0.717) is 26.0 Å². The first kappa shape index (κ1) is 11.5. The molecule has 82 valence electrons. The molecule has 0 aromatic heterocycles. The van der Waals surface area contributed by atoms with E-state index in [9.17, 15) is 9.59 Å². The van der Waals surface area contributed by atoms with Crippen molar-refractivity contribution >= 4 is 11.9 Å². The summed E-state index contributed by atoms with van der Waals surface area (Å²) in [5, 5.41) is 0. The van der Waals surface area contributed by atoms with Gasteiger partial charge < -0.3 is 9.64 Å². The fourth-order valence-electron chi connectivity index (χ4n) is 1.56. The van der Waals surface area contributed by atoms with Gasteiger partial charge in [-0.15, -0.1) is 0 Å². The fourth-order valence-corrected chi connectivity index (χ4v) is 1.56. The second-order valence-electron chi connectivity index (χ2n) is 3.46. The normalized spacial score (nSPS) is 20.1. The standard InChI is InChI=1S/C11H15NO3/c1-3-11(14)15-6-5-9-7-10(13)12(4-2)8-9/h3-4,9H,1-2,5-8H2. The zero-order valence-corrected chi connectivity index (χ0v) is 8.65. The molecule has 1 fully saturated rings. The largest absolute Gasteiger partial charge is 0.463 e. The number of carbonyl (C=O) groups is 2. The molecule has 1 saturated heterocycles. The predicted octanol–water partition coefficient (Wildman–Crippen LogP) is 1.10. The van der Waals surface area contributed by atoms with E-state index in [1.165, 1.54) is 6.20 Å². The van der Waals surface area contributed by atoms with Crippen LogP contribution in [0.2, 0.25) is 0 Å². The van der Waals surface area contributed by atoms with Crippen molar-refractivity contribution in [3.63, 3.8) is 0 Å². The minimum absolute atomic E-state index is 0.0880. The van der Waals surface area contributed by atoms with Crippen LogP contribution >= 0.6 is 0 Å². The van der Waals surface area contributed by atoms with Crippen LogP contribution in [0.3, 0.4) is 0 Å². The third-order valence-corrected chi connectivity index (χ3v) is 2.40. The maximum absolute atomic E-state index is 11.3. The van der Waals surface area contributed by atoms with Gasteiger partial charge in [0.05, 0.1) is 6.61 Å². The summed E-state index contributed by atoms with van der Waals surface area (Å²) < 4.78 is 4.84. The molecule has 1 aliphatic rings. The second-order valence-corrected chi connectivity index (χ2v) is 3.46. The van der Waals surface area contributed by atoms with Gasteiger partial charge in [0.2, 0.25) is 5.91 Å². The molecule has 0 saturated carbocycles. The van der Waals surface area contributed by atoms with Crippen molar-refractivity contribution in [1.82, 2.24) is 4.90 Å². The zero-order chi connectivity index (χ0) is 11.3. The molecule has 0 radical (unpaired) electrons. The Balaban J connectivity index is 2.24. The average molecular weight is 209 g/mol. The van der Waals surface area contributed by atoms with E-state index in [2.05, 4.69) is 13.2 Å². The van der Waals surface area contributed by atoms with Gasteiger partial charge in [-0.3, -0.25) is 4.79 Å². The van der Waals surface area contributed by atoms with E-state index in [0.717, 1.165) is 6.08 Å². The van der Waals surface area contributed by atoms with E-state index < -0.39 is 5.97 Å². The molecule has 0 aromatic carbocycles. The second kappa shape index (κ2) is 5.34. The van der Waals surface area contributed by atoms with Crippen LogP contribution in [0.15, 0.2) is 25.4 Å². The lowest BCUT2D eigenvalue weighted by Crippen LogP contribution is -2.18. The monoisotopic (exact) mass is 209 g/mol. The summed E-state index contributed by atoms with van der Waals surface area (Å²) in [7, 11) is 0. The molecule has 1 heterocycles. The van der Waals surface area contributed by atoms with Crippen molar-refractivity contribution in [2.75, 3.05) is 13.2 Å². The van der Waals surface area contributed by atoms with Gasteiger partial charge in [-0.25, -0.2) is 4.79 Å². The highest BCUT2D eigenvalue weighted by atomic mass is 16.5.